The van der Waals surface area contributed by atoms with Crippen molar-refractivity contribution in [2.24, 2.45) is 10.3 Å². The van der Waals surface area contributed by atoms with Crippen molar-refractivity contribution >= 4 is 110 Å². The molecular weight excluding hydrogens is 1600 g/mol. The van der Waals surface area contributed by atoms with E-state index in [4.69, 9.17) is 0 Å². The summed E-state index contributed by atoms with van der Waals surface area (Å²) < 4.78 is 286. The van der Waals surface area contributed by atoms with E-state index < -0.39 is 108 Å². The average molecular weight is 1650 g/mol. The number of hydrogen-bond donors (Lipinski definition) is 3. The van der Waals surface area contributed by atoms with Crippen LogP contribution in [-0.4, -0.2) is 4.95 Å². The molecule has 2 unspecified atom stereocenters. The monoisotopic (exact) mass is 1640 g/mol. The van der Waals surface area contributed by atoms with Gasteiger partial charge in [0.2, 0.25) is 0 Å². The summed E-state index contributed by atoms with van der Waals surface area (Å²) in [5, 5.41) is 11.0. The predicted molar refractivity (Wildman–Crippen MR) is 341 cm³/mol. The van der Waals surface area contributed by atoms with Crippen LogP contribution in [0.5, 0.6) is 0 Å². The van der Waals surface area contributed by atoms with E-state index in [2.05, 4.69) is 65.4 Å². The zero-order valence-electron chi connectivity index (χ0n) is 48.3. The van der Waals surface area contributed by atoms with Crippen molar-refractivity contribution in [3.63, 3.8) is 0 Å². The molecule has 528 valence electrons. The van der Waals surface area contributed by atoms with Gasteiger partial charge in [-0.1, -0.05) is 164 Å². The quantitative estimate of drug-likeness (QED) is 0.0315. The molecule has 2 heterocycles. The van der Waals surface area contributed by atoms with E-state index in [-0.39, 0.29) is 39.7 Å². The van der Waals surface area contributed by atoms with E-state index in [1.807, 2.05) is 34.7 Å². The first-order valence-corrected chi connectivity index (χ1v) is 32.3. The number of alkyl halides is 1. The minimum absolute atomic E-state index is 0. The maximum absolute atomic E-state index is 14.5. The van der Waals surface area contributed by atoms with Gasteiger partial charge in [-0.25, -0.2) is 52.7 Å². The number of benzene rings is 9. The molecule has 3 N–H and O–H groups in total. The summed E-state index contributed by atoms with van der Waals surface area (Å²) in [6.45, 7) is 0. The van der Waals surface area contributed by atoms with Crippen molar-refractivity contribution < 1.29 is 103 Å². The van der Waals surface area contributed by atoms with E-state index in [1.165, 1.54) is 52.1 Å². The number of nitrogens with zero attached hydrogens (tertiary/aromatic N) is 6. The van der Waals surface area contributed by atoms with Crippen LogP contribution < -0.4 is 36.5 Å². The Balaban J connectivity index is 0.000000230. The average Bonchev–Trinajstić information content (AvgIpc) is 1.67. The molecule has 1 fully saturated rings. The Hall–Kier alpha value is -8.40. The van der Waals surface area contributed by atoms with Gasteiger partial charge < -0.3 is 0 Å². The summed E-state index contributed by atoms with van der Waals surface area (Å²) in [6, 6.07) is 47.3. The number of halogens is 27. The second-order valence-corrected chi connectivity index (χ2v) is 24.4. The molecule has 2 atom stereocenters. The van der Waals surface area contributed by atoms with Gasteiger partial charge in [0, 0.05) is 11.8 Å². The molecule has 2 aliphatic heterocycles. The van der Waals surface area contributed by atoms with Crippen molar-refractivity contribution in [2.45, 2.75) is 11.0 Å². The summed E-state index contributed by atoms with van der Waals surface area (Å²) >= 11 is 6.65. The number of hydrazine groups is 4. The van der Waals surface area contributed by atoms with Crippen molar-refractivity contribution in [1.82, 2.24) is 11.1 Å². The summed E-state index contributed by atoms with van der Waals surface area (Å²) in [5.41, 5.74) is 7.52. The summed E-state index contributed by atoms with van der Waals surface area (Å²) in [5.74, 6) is -10.1. The van der Waals surface area contributed by atoms with Crippen molar-refractivity contribution in [2.75, 3.05) is 25.5 Å². The van der Waals surface area contributed by atoms with Gasteiger partial charge in [0.15, 0.2) is 75.5 Å². The first-order chi connectivity index (χ1) is 45.0. The zero-order chi connectivity index (χ0) is 72.0. The first-order valence-electron chi connectivity index (χ1n) is 26.4. The van der Waals surface area contributed by atoms with Crippen LogP contribution in [0, 0.1) is 69.8 Å². The van der Waals surface area contributed by atoms with Crippen molar-refractivity contribution in [1.29, 1.82) is 0 Å². The van der Waals surface area contributed by atoms with E-state index >= 15 is 0 Å². The molecule has 9 aromatic rings. The summed E-state index contributed by atoms with van der Waals surface area (Å²) in [4.78, 5) is 1.11. The second kappa shape index (κ2) is 31.6. The number of hydrogen-bond acceptors (Lipinski definition) is 8. The van der Waals surface area contributed by atoms with Gasteiger partial charge in [-0.2, -0.15) is 0 Å². The normalized spacial score (nSPS) is 15.7. The third-order valence-electron chi connectivity index (χ3n) is 11.9. The van der Waals surface area contributed by atoms with Crippen molar-refractivity contribution in [3.8, 4) is 0 Å². The van der Waals surface area contributed by atoms with Gasteiger partial charge in [0.25, 0.3) is 0 Å². The maximum atomic E-state index is 14.5. The molecule has 38 heteroatoms. The molecule has 9 nitrogen and oxygen atoms in total. The number of para-hydroxylation sites is 5. The Labute approximate surface area is 566 Å². The van der Waals surface area contributed by atoms with E-state index in [9.17, 15) is 103 Å². The van der Waals surface area contributed by atoms with Crippen molar-refractivity contribution in [3.05, 3.63) is 298 Å². The second-order valence-electron chi connectivity index (χ2n) is 19.1. The largest absolute Gasteiger partial charge is 0.274 e. The van der Waals surface area contributed by atoms with Gasteiger partial charge in [0.05, 0.1) is 5.70 Å². The molecule has 0 aromatic heterocycles. The Morgan fingerprint density at radius 1 is 0.398 bits per heavy atom. The van der Waals surface area contributed by atoms with Crippen LogP contribution in [0.4, 0.5) is 137 Å². The van der Waals surface area contributed by atoms with Gasteiger partial charge in [-0.3, -0.25) is 25.5 Å². The SMILES string of the molecule is Br.BrC=Cc1ccccc1.F[P-](F)(F)(F)(F)F.F[P-](F)(F)(F)(F)F.Fc1cccc(F)c1N1C=C(c2ccccc2)N(c2c(F)cccc2F)N1.Fc1cccc(F)c1N1NN(c2c(F)cccc2F)C(c2ccccc2)C1Br.Fc1cccc(F)c1N=NNc1c(F)cccc1F. The molecule has 0 amide bonds. The topological polar surface area (TPSA) is 73.8 Å². The molecule has 1 saturated heterocycles. The number of rotatable bonds is 10. The first kappa shape index (κ1) is 80.3. The Morgan fingerprint density at radius 3 is 1.13 bits per heavy atom. The minimum Gasteiger partial charge on any atom is -0.274 e. The smallest absolute Gasteiger partial charge is 0.159 e. The fourth-order valence-electron chi connectivity index (χ4n) is 8.10. The molecule has 0 bridgehead atoms. The molecule has 11 rings (SSSR count). The van der Waals surface area contributed by atoms with Crippen LogP contribution in [0.25, 0.3) is 11.8 Å². The zero-order valence-corrected chi connectivity index (χ0v) is 54.9. The molecule has 2 aliphatic rings. The van der Waals surface area contributed by atoms with E-state index in [0.29, 0.717) is 16.8 Å². The predicted octanol–water partition coefficient (Wildman–Crippen LogP) is 25.2. The summed E-state index contributed by atoms with van der Waals surface area (Å²) in [7, 11) is -21.3. The number of anilines is 5. The van der Waals surface area contributed by atoms with Crippen LogP contribution >= 0.6 is 64.5 Å². The third kappa shape index (κ3) is 25.5. The molecule has 0 radical (unpaired) electrons. The van der Waals surface area contributed by atoms with Crippen LogP contribution in [0.15, 0.2) is 222 Å². The van der Waals surface area contributed by atoms with E-state index in [0.717, 1.165) is 88.9 Å². The molecule has 98 heavy (non-hydrogen) atoms. The van der Waals surface area contributed by atoms with Crippen LogP contribution in [0.2, 0.25) is 0 Å². The van der Waals surface area contributed by atoms with Gasteiger partial charge >= 0.3 is 66.0 Å². The van der Waals surface area contributed by atoms with Crippen LogP contribution in [0.3, 0.4) is 0 Å². The number of nitrogens with one attached hydrogen (secondary N) is 3. The Kier molecular flexibility index (Phi) is 25.9. The molecule has 0 aliphatic carbocycles. The van der Waals surface area contributed by atoms with E-state index in [1.54, 1.807) is 60.7 Å². The standard InChI is InChI=1S/C20H14BrF4N3.C20H13F4N3.C12H7F4N3.C8H7Br.BrH.2F6P/c21-20-17(12-6-2-1-3-7-12)27(18-13(22)8-4-9-14(18)23)26-28(20)19-15(24)10-5-11-16(19)25;21-14-8-4-9-15(22)19(14)26-12-18(13-6-2-1-3-7-13)27(25-26)20-16(23)10-5-11-17(20)24;13-7-3-1-4-8(14)11(7)17-19-18-12-9(15)5-2-6-10(12)16;9-7-6-8-4-2-1-3-5-8;;2*1-7(2,3,4,5)6/h1-11,17,20,26H;1-12,25H;1-6H,(H,17,18);1-7H;1H;;/q;;;;;2*-1. The van der Waals surface area contributed by atoms with Crippen LogP contribution in [-0.2, 0) is 0 Å². The van der Waals surface area contributed by atoms with Gasteiger partial charge in [-0.05, 0) is 95.0 Å². The molecular formula is C60H42Br3F24N9P2-2. The van der Waals surface area contributed by atoms with Crippen LogP contribution in [0.1, 0.15) is 22.7 Å². The summed E-state index contributed by atoms with van der Waals surface area (Å²) in [6.07, 6.45) is 3.38. The fraction of sp³-hybridized carbons (Fsp3) is 0.0333. The molecule has 0 saturated carbocycles. The third-order valence-corrected chi connectivity index (χ3v) is 13.0. The minimum atomic E-state index is -10.7. The van der Waals surface area contributed by atoms with Gasteiger partial charge in [-0.15, -0.1) is 33.2 Å². The molecule has 0 spiro atoms. The molecule has 9 aromatic carbocycles. The Bertz CT molecular complexity index is 4110. The van der Waals surface area contributed by atoms with Gasteiger partial charge in [0.1, 0.15) is 39.4 Å². The Morgan fingerprint density at radius 2 is 0.735 bits per heavy atom. The fourth-order valence-corrected chi connectivity index (χ4v) is 9.24. The maximum Gasteiger partial charge on any atom is 0.159 e.